The number of allylic oxidation sites excluding steroid dienone is 4. The van der Waals surface area contributed by atoms with E-state index in [2.05, 4.69) is 19.6 Å². The molecule has 36 heavy (non-hydrogen) atoms. The van der Waals surface area contributed by atoms with Crippen molar-refractivity contribution in [3.8, 4) is 0 Å². The minimum Gasteiger partial charge on any atom is -0.461 e. The van der Waals surface area contributed by atoms with Crippen LogP contribution in [0.2, 0.25) is 0 Å². The van der Waals surface area contributed by atoms with E-state index in [9.17, 15) is 19.8 Å². The summed E-state index contributed by atoms with van der Waals surface area (Å²) in [4.78, 5) is 25.0. The lowest BCUT2D eigenvalue weighted by molar-refractivity contribution is -0.142. The van der Waals surface area contributed by atoms with E-state index in [1.807, 2.05) is 32.9 Å². The molecule has 2 fully saturated rings. The standard InChI is InChI=1S/C30H40O6/c1-17-7-6-8-18(2)13-26-30(25(32)12-17,16-27(33)36-26)15-22-10-9-19(3)11-23(31)28-21(5)29(34)35-24(28)14-20(22)4/h8,11-12,14,22-26,28,31-32H,5-7,9-10,13,15-16H2,1-4H3/b17-12+,18-8+,19-11+,20-14+/t22-,23-,24+,25-,26-,28-,30-/m1/s1. The molecule has 0 aromatic carbocycles. The van der Waals surface area contributed by atoms with E-state index in [1.165, 1.54) is 5.57 Å². The maximum Gasteiger partial charge on any atom is 0.334 e. The molecule has 2 aliphatic heterocycles. The van der Waals surface area contributed by atoms with E-state index in [-0.39, 0.29) is 23.9 Å². The first-order valence-electron chi connectivity index (χ1n) is 13.1. The van der Waals surface area contributed by atoms with Gasteiger partial charge in [-0.3, -0.25) is 4.79 Å². The lowest BCUT2D eigenvalue weighted by Crippen LogP contribution is -2.43. The Bertz CT molecular complexity index is 1050. The number of fused-ring (bicyclic) bond motifs is 2. The number of carbonyl (C=O) groups is 2. The third-order valence-corrected chi connectivity index (χ3v) is 8.63. The van der Waals surface area contributed by atoms with Crippen LogP contribution in [0, 0.1) is 17.3 Å². The van der Waals surface area contributed by atoms with E-state index in [4.69, 9.17) is 9.47 Å². The van der Waals surface area contributed by atoms with Gasteiger partial charge in [0.25, 0.3) is 0 Å². The van der Waals surface area contributed by atoms with Crippen molar-refractivity contribution in [2.75, 3.05) is 0 Å². The molecule has 0 unspecified atom stereocenters. The average Bonchev–Trinajstić information content (AvgIpc) is 3.25. The molecule has 0 spiro atoms. The summed E-state index contributed by atoms with van der Waals surface area (Å²) in [6, 6.07) is 0. The Hall–Kier alpha value is -2.44. The molecule has 4 aliphatic rings. The number of hydrogen-bond donors (Lipinski definition) is 2. The zero-order chi connectivity index (χ0) is 26.2. The smallest absolute Gasteiger partial charge is 0.334 e. The number of carbonyl (C=O) groups excluding carboxylic acids is 2. The molecule has 0 bridgehead atoms. The number of aliphatic hydroxyl groups is 2. The van der Waals surface area contributed by atoms with Crippen molar-refractivity contribution in [1.29, 1.82) is 0 Å². The quantitative estimate of drug-likeness (QED) is 0.322. The van der Waals surface area contributed by atoms with Crippen LogP contribution in [0.15, 0.2) is 58.7 Å². The van der Waals surface area contributed by atoms with Crippen molar-refractivity contribution in [2.24, 2.45) is 17.3 Å². The lowest BCUT2D eigenvalue weighted by atomic mass is 9.65. The first kappa shape index (κ1) is 26.6. The second-order valence-corrected chi connectivity index (χ2v) is 11.4. The third-order valence-electron chi connectivity index (χ3n) is 8.63. The zero-order valence-corrected chi connectivity index (χ0v) is 22.0. The van der Waals surface area contributed by atoms with E-state index >= 15 is 0 Å². The van der Waals surface area contributed by atoms with Gasteiger partial charge in [0, 0.05) is 17.4 Å². The van der Waals surface area contributed by atoms with Gasteiger partial charge in [-0.05, 0) is 71.8 Å². The third kappa shape index (κ3) is 5.30. The van der Waals surface area contributed by atoms with Crippen LogP contribution in [0.1, 0.15) is 72.6 Å². The van der Waals surface area contributed by atoms with Crippen molar-refractivity contribution in [1.82, 2.24) is 0 Å². The van der Waals surface area contributed by atoms with Crippen molar-refractivity contribution in [3.05, 3.63) is 58.7 Å². The van der Waals surface area contributed by atoms with Crippen molar-refractivity contribution < 1.29 is 29.3 Å². The Morgan fingerprint density at radius 3 is 2.47 bits per heavy atom. The number of ether oxygens (including phenoxy) is 2. The molecule has 4 rings (SSSR count). The molecular formula is C30H40O6. The lowest BCUT2D eigenvalue weighted by Gasteiger charge is -2.40. The molecule has 7 atom stereocenters. The molecule has 6 nitrogen and oxygen atoms in total. The van der Waals surface area contributed by atoms with Crippen molar-refractivity contribution in [2.45, 2.75) is 97.1 Å². The van der Waals surface area contributed by atoms with Crippen molar-refractivity contribution in [3.63, 3.8) is 0 Å². The number of hydrogen-bond acceptors (Lipinski definition) is 6. The molecule has 0 radical (unpaired) electrons. The average molecular weight is 497 g/mol. The SMILES string of the molecule is C=C1C(=O)O[C@H]2/C=C(\C)[C@@H](C[C@]34CC(=O)O[C@@H]3C/C(C)=C/CC/C(C)=C/[C@H]4O)CC/C(C)=C/[C@@H](O)[C@@H]12. The van der Waals surface area contributed by atoms with Gasteiger partial charge in [0.1, 0.15) is 12.2 Å². The van der Waals surface area contributed by atoms with E-state index in [0.29, 0.717) is 12.8 Å². The maximum atomic E-state index is 12.7. The van der Waals surface area contributed by atoms with Crippen LogP contribution in [-0.4, -0.2) is 46.6 Å². The number of esters is 2. The molecule has 2 heterocycles. The fourth-order valence-electron chi connectivity index (χ4n) is 6.38. The minimum atomic E-state index is -0.846. The predicted molar refractivity (Wildman–Crippen MR) is 138 cm³/mol. The summed E-state index contributed by atoms with van der Waals surface area (Å²) in [5.74, 6) is -1.24. The Labute approximate surface area is 214 Å². The van der Waals surface area contributed by atoms with Crippen LogP contribution < -0.4 is 0 Å². The Morgan fingerprint density at radius 1 is 1.00 bits per heavy atom. The summed E-state index contributed by atoms with van der Waals surface area (Å²) < 4.78 is 11.5. The van der Waals surface area contributed by atoms with Gasteiger partial charge in [-0.15, -0.1) is 0 Å². The van der Waals surface area contributed by atoms with Gasteiger partial charge in [-0.25, -0.2) is 4.79 Å². The molecule has 2 N–H and O–H groups in total. The zero-order valence-electron chi connectivity index (χ0n) is 22.0. The molecule has 2 aliphatic carbocycles. The summed E-state index contributed by atoms with van der Waals surface area (Å²) in [7, 11) is 0. The number of rotatable bonds is 2. The molecule has 0 amide bonds. The summed E-state index contributed by atoms with van der Waals surface area (Å²) in [5.41, 5.74) is 3.88. The Balaban J connectivity index is 1.73. The Kier molecular flexibility index (Phi) is 7.77. The highest BCUT2D eigenvalue weighted by Gasteiger charge is 2.54. The number of aliphatic hydroxyl groups excluding tert-OH is 2. The molecule has 0 saturated carbocycles. The van der Waals surface area contributed by atoms with Gasteiger partial charge in [-0.2, -0.15) is 0 Å². The van der Waals surface area contributed by atoms with E-state index in [1.54, 1.807) is 6.08 Å². The molecule has 6 heteroatoms. The van der Waals surface area contributed by atoms with Gasteiger partial charge >= 0.3 is 11.9 Å². The first-order valence-corrected chi connectivity index (χ1v) is 13.1. The summed E-state index contributed by atoms with van der Waals surface area (Å²) in [6.07, 6.45) is 9.89. The van der Waals surface area contributed by atoms with E-state index in [0.717, 1.165) is 42.4 Å². The highest BCUT2D eigenvalue weighted by atomic mass is 16.6. The summed E-state index contributed by atoms with van der Waals surface area (Å²) in [5, 5.41) is 22.4. The highest BCUT2D eigenvalue weighted by Crippen LogP contribution is 2.50. The summed E-state index contributed by atoms with van der Waals surface area (Å²) >= 11 is 0. The van der Waals surface area contributed by atoms with Crippen molar-refractivity contribution >= 4 is 11.9 Å². The highest BCUT2D eigenvalue weighted by molar-refractivity contribution is 5.91. The molecule has 0 aromatic heterocycles. The monoisotopic (exact) mass is 496 g/mol. The van der Waals surface area contributed by atoms with Gasteiger partial charge in [0.2, 0.25) is 0 Å². The molecule has 196 valence electrons. The molecule has 0 aromatic rings. The molecular weight excluding hydrogens is 456 g/mol. The van der Waals surface area contributed by atoms with Crippen LogP contribution >= 0.6 is 0 Å². The maximum absolute atomic E-state index is 12.7. The largest absolute Gasteiger partial charge is 0.461 e. The van der Waals surface area contributed by atoms with Gasteiger partial charge in [0.15, 0.2) is 0 Å². The normalized spacial score (nSPS) is 43.8. The van der Waals surface area contributed by atoms with Crippen LogP contribution in [0.5, 0.6) is 0 Å². The van der Waals surface area contributed by atoms with Crippen LogP contribution in [0.4, 0.5) is 0 Å². The van der Waals surface area contributed by atoms with Gasteiger partial charge in [0.05, 0.1) is 24.5 Å². The molecule has 2 saturated heterocycles. The summed E-state index contributed by atoms with van der Waals surface area (Å²) in [6.45, 7) is 12.0. The minimum absolute atomic E-state index is 0.0318. The van der Waals surface area contributed by atoms with Crippen LogP contribution in [0.25, 0.3) is 0 Å². The van der Waals surface area contributed by atoms with Crippen LogP contribution in [0.3, 0.4) is 0 Å². The second kappa shape index (κ2) is 10.5. The Morgan fingerprint density at radius 2 is 1.72 bits per heavy atom. The van der Waals surface area contributed by atoms with Gasteiger partial charge < -0.3 is 19.7 Å². The van der Waals surface area contributed by atoms with Gasteiger partial charge in [-0.1, -0.05) is 47.1 Å². The predicted octanol–water partition coefficient (Wildman–Crippen LogP) is 4.88. The topological polar surface area (TPSA) is 93.1 Å². The first-order chi connectivity index (χ1) is 17.0. The fourth-order valence-corrected chi connectivity index (χ4v) is 6.38. The fraction of sp³-hybridized carbons (Fsp3) is 0.600. The van der Waals surface area contributed by atoms with Crippen LogP contribution in [-0.2, 0) is 19.1 Å². The van der Waals surface area contributed by atoms with E-state index < -0.39 is 41.7 Å². The second-order valence-electron chi connectivity index (χ2n) is 11.4.